The van der Waals surface area contributed by atoms with Crippen LogP contribution in [0.2, 0.25) is 0 Å². The van der Waals surface area contributed by atoms with Crippen molar-refractivity contribution in [2.75, 3.05) is 18.5 Å². The van der Waals surface area contributed by atoms with Crippen molar-refractivity contribution in [3.8, 4) is 11.5 Å². The second kappa shape index (κ2) is 7.40. The normalized spacial score (nSPS) is 16.0. The Morgan fingerprint density at radius 3 is 2.84 bits per heavy atom. The number of aryl methyl sites for hydroxylation is 1. The van der Waals surface area contributed by atoms with Gasteiger partial charge in [-0.25, -0.2) is 0 Å². The van der Waals surface area contributed by atoms with Crippen LogP contribution in [-0.2, 0) is 0 Å². The first-order valence-electron chi connectivity index (χ1n) is 8.19. The molecular weight excluding hydrogens is 318 g/mol. The van der Waals surface area contributed by atoms with E-state index in [1.807, 2.05) is 44.2 Å². The van der Waals surface area contributed by atoms with Crippen molar-refractivity contribution in [1.29, 1.82) is 0 Å². The smallest absolute Gasteiger partial charge is 0.255 e. The Hall–Kier alpha value is -2.79. The maximum atomic E-state index is 12.5. The molecule has 1 heterocycles. The van der Waals surface area contributed by atoms with Gasteiger partial charge < -0.3 is 19.9 Å². The van der Waals surface area contributed by atoms with Crippen molar-refractivity contribution < 1.29 is 19.4 Å². The molecule has 0 aliphatic carbocycles. The summed E-state index contributed by atoms with van der Waals surface area (Å²) in [6, 6.07) is 10.9. The molecule has 5 heteroatoms. The molecule has 5 nitrogen and oxygen atoms in total. The monoisotopic (exact) mass is 339 g/mol. The van der Waals surface area contributed by atoms with E-state index in [9.17, 15) is 4.79 Å². The molecule has 1 aliphatic heterocycles. The molecule has 3 rings (SSSR count). The highest BCUT2D eigenvalue weighted by Gasteiger charge is 2.21. The summed E-state index contributed by atoms with van der Waals surface area (Å²) in [6.45, 7) is 4.06. The molecule has 0 bridgehead atoms. The van der Waals surface area contributed by atoms with Crippen LogP contribution in [0.3, 0.4) is 0 Å². The van der Waals surface area contributed by atoms with Gasteiger partial charge in [0.1, 0.15) is 6.61 Å². The number of hydrogen-bond donors (Lipinski definition) is 2. The van der Waals surface area contributed by atoms with E-state index in [0.29, 0.717) is 22.7 Å². The van der Waals surface area contributed by atoms with Crippen molar-refractivity contribution in [3.63, 3.8) is 0 Å². The third-order valence-electron chi connectivity index (χ3n) is 3.98. The van der Waals surface area contributed by atoms with Crippen LogP contribution < -0.4 is 14.8 Å². The number of ether oxygens (including phenoxy) is 2. The van der Waals surface area contributed by atoms with Crippen molar-refractivity contribution in [1.82, 2.24) is 0 Å². The summed E-state index contributed by atoms with van der Waals surface area (Å²) in [4.78, 5) is 12.5. The minimum absolute atomic E-state index is 0.0968. The predicted molar refractivity (Wildman–Crippen MR) is 97.3 cm³/mol. The second-order valence-corrected chi connectivity index (χ2v) is 5.92. The second-order valence-electron chi connectivity index (χ2n) is 5.92. The number of anilines is 1. The van der Waals surface area contributed by atoms with Crippen molar-refractivity contribution in [3.05, 3.63) is 59.2 Å². The molecule has 2 aromatic rings. The zero-order valence-electron chi connectivity index (χ0n) is 14.3. The number of rotatable bonds is 4. The molecule has 0 spiro atoms. The van der Waals surface area contributed by atoms with Crippen molar-refractivity contribution in [2.45, 2.75) is 20.0 Å². The number of benzene rings is 2. The summed E-state index contributed by atoms with van der Waals surface area (Å²) < 4.78 is 11.2. The van der Waals surface area contributed by atoms with E-state index in [0.717, 1.165) is 11.1 Å². The predicted octanol–water partition coefficient (Wildman–Crippen LogP) is 3.41. The lowest BCUT2D eigenvalue weighted by molar-refractivity contribution is 0.0457. The maximum absolute atomic E-state index is 12.5. The third kappa shape index (κ3) is 3.83. The van der Waals surface area contributed by atoms with Crippen LogP contribution in [0.25, 0.3) is 6.08 Å². The van der Waals surface area contributed by atoms with Crippen molar-refractivity contribution in [2.24, 2.45) is 0 Å². The molecule has 1 aliphatic rings. The molecule has 0 fully saturated rings. The molecule has 0 radical (unpaired) electrons. The molecule has 0 aromatic heterocycles. The first-order valence-corrected chi connectivity index (χ1v) is 8.19. The van der Waals surface area contributed by atoms with Gasteiger partial charge in [0.05, 0.1) is 6.61 Å². The molecule has 130 valence electrons. The first-order chi connectivity index (χ1) is 12.1. The Morgan fingerprint density at radius 1 is 1.28 bits per heavy atom. The van der Waals surface area contributed by atoms with E-state index in [1.54, 1.807) is 18.2 Å². The SMILES string of the molecule is C/C=C/c1ccc(C(=O)Nc2ccc3c(c2)OCC(CO)O3)c(C)c1. The standard InChI is InChI=1S/C20H21NO4/c1-3-4-14-5-7-17(13(2)9-14)20(23)21-15-6-8-18-19(10-15)24-12-16(11-22)25-18/h3-10,16,22H,11-12H2,1-2H3,(H,21,23)/b4-3+. The fourth-order valence-corrected chi connectivity index (χ4v) is 2.72. The van der Waals surface area contributed by atoms with E-state index < -0.39 is 0 Å². The fraction of sp³-hybridized carbons (Fsp3) is 0.250. The Balaban J connectivity index is 1.75. The van der Waals surface area contributed by atoms with E-state index in [4.69, 9.17) is 14.6 Å². The molecule has 1 unspecified atom stereocenters. The summed E-state index contributed by atoms with van der Waals surface area (Å²) in [5.74, 6) is 0.951. The summed E-state index contributed by atoms with van der Waals surface area (Å²) >= 11 is 0. The van der Waals surface area contributed by atoms with Gasteiger partial charge in [0.25, 0.3) is 5.91 Å². The molecule has 25 heavy (non-hydrogen) atoms. The summed E-state index contributed by atoms with van der Waals surface area (Å²) in [5.41, 5.74) is 3.24. The minimum Gasteiger partial charge on any atom is -0.486 e. The average Bonchev–Trinajstić information content (AvgIpc) is 2.61. The maximum Gasteiger partial charge on any atom is 0.255 e. The zero-order chi connectivity index (χ0) is 17.8. The number of aliphatic hydroxyl groups is 1. The zero-order valence-corrected chi connectivity index (χ0v) is 14.3. The van der Waals surface area contributed by atoms with E-state index in [2.05, 4.69) is 5.32 Å². The van der Waals surface area contributed by atoms with E-state index in [-0.39, 0.29) is 25.2 Å². The van der Waals surface area contributed by atoms with Gasteiger partial charge in [-0.2, -0.15) is 0 Å². The molecule has 1 atom stereocenters. The number of amides is 1. The van der Waals surface area contributed by atoms with Gasteiger partial charge in [0, 0.05) is 17.3 Å². The van der Waals surface area contributed by atoms with Gasteiger partial charge in [-0.3, -0.25) is 4.79 Å². The van der Waals surface area contributed by atoms with Crippen LogP contribution in [0.1, 0.15) is 28.4 Å². The number of hydrogen-bond acceptors (Lipinski definition) is 4. The Labute approximate surface area is 146 Å². The van der Waals surface area contributed by atoms with Crippen LogP contribution in [0.15, 0.2) is 42.5 Å². The summed E-state index contributed by atoms with van der Waals surface area (Å²) in [6.07, 6.45) is 3.60. The third-order valence-corrected chi connectivity index (χ3v) is 3.98. The van der Waals surface area contributed by atoms with Crippen LogP contribution in [0, 0.1) is 6.92 Å². The molecule has 2 aromatic carbocycles. The van der Waals surface area contributed by atoms with Crippen LogP contribution >= 0.6 is 0 Å². The Morgan fingerprint density at radius 2 is 2.12 bits per heavy atom. The van der Waals surface area contributed by atoms with E-state index in [1.165, 1.54) is 0 Å². The topological polar surface area (TPSA) is 67.8 Å². The summed E-state index contributed by atoms with van der Waals surface area (Å²) in [5, 5.41) is 12.0. The van der Waals surface area contributed by atoms with Gasteiger partial charge in [0.2, 0.25) is 0 Å². The Kier molecular flexibility index (Phi) is 5.05. The van der Waals surface area contributed by atoms with Gasteiger partial charge >= 0.3 is 0 Å². The van der Waals surface area contributed by atoms with Gasteiger partial charge in [-0.15, -0.1) is 0 Å². The highest BCUT2D eigenvalue weighted by molar-refractivity contribution is 6.05. The highest BCUT2D eigenvalue weighted by Crippen LogP contribution is 2.34. The number of carbonyl (C=O) groups excluding carboxylic acids is 1. The van der Waals surface area contributed by atoms with Gasteiger partial charge in [0.15, 0.2) is 17.6 Å². The molecule has 0 saturated heterocycles. The fourth-order valence-electron chi connectivity index (χ4n) is 2.72. The molecule has 0 saturated carbocycles. The van der Waals surface area contributed by atoms with Gasteiger partial charge in [-0.1, -0.05) is 24.3 Å². The quantitative estimate of drug-likeness (QED) is 0.896. The molecule has 2 N–H and O–H groups in total. The Bertz CT molecular complexity index is 813. The lowest BCUT2D eigenvalue weighted by Crippen LogP contribution is -2.32. The average molecular weight is 339 g/mol. The lowest BCUT2D eigenvalue weighted by atomic mass is 10.0. The van der Waals surface area contributed by atoms with Crippen molar-refractivity contribution >= 4 is 17.7 Å². The van der Waals surface area contributed by atoms with Gasteiger partial charge in [-0.05, 0) is 43.2 Å². The van der Waals surface area contributed by atoms with Crippen LogP contribution in [-0.4, -0.2) is 30.3 Å². The molecular formula is C20H21NO4. The van der Waals surface area contributed by atoms with Crippen LogP contribution in [0.5, 0.6) is 11.5 Å². The number of fused-ring (bicyclic) bond motifs is 1. The number of nitrogens with one attached hydrogen (secondary N) is 1. The number of aliphatic hydroxyl groups excluding tert-OH is 1. The largest absolute Gasteiger partial charge is 0.486 e. The van der Waals surface area contributed by atoms with E-state index >= 15 is 0 Å². The number of carbonyl (C=O) groups is 1. The van der Waals surface area contributed by atoms with Crippen LogP contribution in [0.4, 0.5) is 5.69 Å². The lowest BCUT2D eigenvalue weighted by Gasteiger charge is -2.25. The number of allylic oxidation sites excluding steroid dienone is 1. The first kappa shape index (κ1) is 17.0. The highest BCUT2D eigenvalue weighted by atomic mass is 16.6. The molecule has 1 amide bonds. The minimum atomic E-state index is -0.355. The summed E-state index contributed by atoms with van der Waals surface area (Å²) in [7, 11) is 0.